The number of hydrogen-bond donors (Lipinski definition) is 0. The third kappa shape index (κ3) is 2.84. The van der Waals surface area contributed by atoms with Crippen molar-refractivity contribution < 1.29 is 9.53 Å². The smallest absolute Gasteiger partial charge is 0.159 e. The monoisotopic (exact) mass is 254 g/mol. The van der Waals surface area contributed by atoms with Crippen LogP contribution in [-0.4, -0.2) is 5.78 Å². The molecule has 98 valence electrons. The van der Waals surface area contributed by atoms with Gasteiger partial charge in [0.2, 0.25) is 0 Å². The van der Waals surface area contributed by atoms with E-state index < -0.39 is 0 Å². The minimum atomic E-state index is 0.0643. The average molecular weight is 254 g/mol. The maximum Gasteiger partial charge on any atom is 0.159 e. The Balaban J connectivity index is 2.31. The molecule has 19 heavy (non-hydrogen) atoms. The average Bonchev–Trinajstić information content (AvgIpc) is 2.40. The lowest BCUT2D eigenvalue weighted by Crippen LogP contribution is -1.95. The molecule has 0 aliphatic carbocycles. The fourth-order valence-electron chi connectivity index (χ4n) is 1.96. The van der Waals surface area contributed by atoms with Crippen LogP contribution in [0.15, 0.2) is 36.4 Å². The molecular weight excluding hydrogens is 236 g/mol. The highest BCUT2D eigenvalue weighted by molar-refractivity contribution is 5.94. The highest BCUT2D eigenvalue weighted by Crippen LogP contribution is 2.30. The van der Waals surface area contributed by atoms with E-state index in [4.69, 9.17) is 4.74 Å². The molecule has 0 heterocycles. The van der Waals surface area contributed by atoms with Gasteiger partial charge in [0.25, 0.3) is 0 Å². The van der Waals surface area contributed by atoms with Gasteiger partial charge in [-0.2, -0.15) is 0 Å². The van der Waals surface area contributed by atoms with Crippen molar-refractivity contribution in [2.75, 3.05) is 0 Å². The van der Waals surface area contributed by atoms with Gasteiger partial charge in [-0.1, -0.05) is 12.1 Å². The molecule has 0 aromatic heterocycles. The minimum Gasteiger partial charge on any atom is -0.457 e. The molecule has 0 N–H and O–H groups in total. The molecule has 0 unspecified atom stereocenters. The summed E-state index contributed by atoms with van der Waals surface area (Å²) >= 11 is 0. The summed E-state index contributed by atoms with van der Waals surface area (Å²) in [6.07, 6.45) is 0. The van der Waals surface area contributed by atoms with Crippen LogP contribution in [0.2, 0.25) is 0 Å². The van der Waals surface area contributed by atoms with Crippen LogP contribution in [0.25, 0.3) is 0 Å². The van der Waals surface area contributed by atoms with Crippen LogP contribution >= 0.6 is 0 Å². The Kier molecular flexibility index (Phi) is 3.70. The van der Waals surface area contributed by atoms with Crippen molar-refractivity contribution in [1.29, 1.82) is 0 Å². The molecule has 2 heteroatoms. The highest BCUT2D eigenvalue weighted by atomic mass is 16.5. The van der Waals surface area contributed by atoms with Crippen LogP contribution in [0.4, 0.5) is 0 Å². The van der Waals surface area contributed by atoms with Crippen LogP contribution in [-0.2, 0) is 0 Å². The van der Waals surface area contributed by atoms with Gasteiger partial charge in [-0.3, -0.25) is 4.79 Å². The second-order valence-corrected chi connectivity index (χ2v) is 4.84. The van der Waals surface area contributed by atoms with Crippen molar-refractivity contribution in [1.82, 2.24) is 0 Å². The predicted octanol–water partition coefficient (Wildman–Crippen LogP) is 4.61. The molecule has 2 nitrogen and oxygen atoms in total. The quantitative estimate of drug-likeness (QED) is 0.748. The van der Waals surface area contributed by atoms with E-state index in [2.05, 4.69) is 26.0 Å². The Bertz CT molecular complexity index is 610. The van der Waals surface area contributed by atoms with E-state index in [1.807, 2.05) is 19.1 Å². The Labute approximate surface area is 114 Å². The van der Waals surface area contributed by atoms with Crippen LogP contribution in [0.1, 0.15) is 34.0 Å². The summed E-state index contributed by atoms with van der Waals surface area (Å²) in [6.45, 7) is 7.72. The zero-order valence-electron chi connectivity index (χ0n) is 11.8. The molecular formula is C17H18O2. The van der Waals surface area contributed by atoms with Gasteiger partial charge in [0.1, 0.15) is 11.5 Å². The van der Waals surface area contributed by atoms with E-state index >= 15 is 0 Å². The molecule has 0 saturated heterocycles. The van der Waals surface area contributed by atoms with Gasteiger partial charge < -0.3 is 4.74 Å². The number of Topliss-reactive ketones (excluding diaryl/α,β-unsaturated/α-hetero) is 1. The number of ketones is 1. The van der Waals surface area contributed by atoms with E-state index in [1.54, 1.807) is 19.1 Å². The van der Waals surface area contributed by atoms with Gasteiger partial charge in [-0.05, 0) is 68.7 Å². The fraction of sp³-hybridized carbons (Fsp3) is 0.235. The Morgan fingerprint density at radius 1 is 0.895 bits per heavy atom. The van der Waals surface area contributed by atoms with Crippen molar-refractivity contribution in [2.24, 2.45) is 0 Å². The van der Waals surface area contributed by atoms with Crippen LogP contribution in [0.3, 0.4) is 0 Å². The van der Waals surface area contributed by atoms with E-state index in [9.17, 15) is 4.79 Å². The Morgan fingerprint density at radius 3 is 2.05 bits per heavy atom. The number of rotatable bonds is 3. The van der Waals surface area contributed by atoms with Crippen molar-refractivity contribution in [2.45, 2.75) is 27.7 Å². The Hall–Kier alpha value is -2.09. The van der Waals surface area contributed by atoms with Gasteiger partial charge in [-0.25, -0.2) is 0 Å². The van der Waals surface area contributed by atoms with E-state index in [0.29, 0.717) is 5.56 Å². The summed E-state index contributed by atoms with van der Waals surface area (Å²) < 4.78 is 5.94. The first-order chi connectivity index (χ1) is 8.99. The molecule has 0 amide bonds. The fourth-order valence-corrected chi connectivity index (χ4v) is 1.96. The summed E-state index contributed by atoms with van der Waals surface area (Å²) in [7, 11) is 0. The van der Waals surface area contributed by atoms with Crippen molar-refractivity contribution in [3.8, 4) is 11.5 Å². The van der Waals surface area contributed by atoms with Crippen LogP contribution in [0.5, 0.6) is 11.5 Å². The number of aryl methyl sites for hydroxylation is 2. The molecule has 0 aliphatic rings. The number of carbonyl (C=O) groups excluding carboxylic acids is 1. The lowest BCUT2D eigenvalue weighted by molar-refractivity contribution is 0.101. The van der Waals surface area contributed by atoms with Gasteiger partial charge in [-0.15, -0.1) is 0 Å². The molecule has 2 aromatic carbocycles. The van der Waals surface area contributed by atoms with E-state index in [0.717, 1.165) is 22.6 Å². The number of benzene rings is 2. The van der Waals surface area contributed by atoms with Gasteiger partial charge in [0.15, 0.2) is 5.78 Å². The Morgan fingerprint density at radius 2 is 1.47 bits per heavy atom. The first-order valence-electron chi connectivity index (χ1n) is 6.34. The zero-order valence-corrected chi connectivity index (χ0v) is 11.8. The lowest BCUT2D eigenvalue weighted by atomic mass is 10.1. The van der Waals surface area contributed by atoms with Gasteiger partial charge in [0, 0.05) is 5.56 Å². The first-order valence-corrected chi connectivity index (χ1v) is 6.34. The molecule has 0 bridgehead atoms. The molecule has 0 saturated carbocycles. The summed E-state index contributed by atoms with van der Waals surface area (Å²) in [4.78, 5) is 11.2. The number of carbonyl (C=O) groups is 1. The standard InChI is InChI=1S/C17H18O2/c1-11-5-6-12(2)17(13(11)3)19-16-9-7-15(8-10-16)14(4)18/h5-10H,1-4H3. The number of hydrogen-bond acceptors (Lipinski definition) is 2. The molecule has 0 atom stereocenters. The molecule has 0 spiro atoms. The molecule has 2 aromatic rings. The topological polar surface area (TPSA) is 26.3 Å². The third-order valence-electron chi connectivity index (χ3n) is 3.35. The van der Waals surface area contributed by atoms with Gasteiger partial charge in [0.05, 0.1) is 0 Å². The summed E-state index contributed by atoms with van der Waals surface area (Å²) in [5.74, 6) is 1.71. The molecule has 0 fully saturated rings. The van der Waals surface area contributed by atoms with E-state index in [1.165, 1.54) is 5.56 Å². The maximum absolute atomic E-state index is 11.2. The second-order valence-electron chi connectivity index (χ2n) is 4.84. The zero-order chi connectivity index (χ0) is 14.0. The van der Waals surface area contributed by atoms with E-state index in [-0.39, 0.29) is 5.78 Å². The molecule has 2 rings (SSSR count). The largest absolute Gasteiger partial charge is 0.457 e. The third-order valence-corrected chi connectivity index (χ3v) is 3.35. The summed E-state index contributed by atoms with van der Waals surface area (Å²) in [5, 5.41) is 0. The minimum absolute atomic E-state index is 0.0643. The van der Waals surface area contributed by atoms with Crippen LogP contribution < -0.4 is 4.74 Å². The van der Waals surface area contributed by atoms with Crippen molar-refractivity contribution in [3.05, 3.63) is 58.7 Å². The van der Waals surface area contributed by atoms with Gasteiger partial charge >= 0.3 is 0 Å². The van der Waals surface area contributed by atoms with Crippen LogP contribution in [0, 0.1) is 20.8 Å². The molecule has 0 radical (unpaired) electrons. The normalized spacial score (nSPS) is 10.3. The summed E-state index contributed by atoms with van der Waals surface area (Å²) in [5.41, 5.74) is 4.17. The van der Waals surface area contributed by atoms with Crippen molar-refractivity contribution >= 4 is 5.78 Å². The van der Waals surface area contributed by atoms with Crippen molar-refractivity contribution in [3.63, 3.8) is 0 Å². The molecule has 0 aliphatic heterocycles. The second kappa shape index (κ2) is 5.27. The SMILES string of the molecule is CC(=O)c1ccc(Oc2c(C)ccc(C)c2C)cc1. The lowest BCUT2D eigenvalue weighted by Gasteiger charge is -2.13. The maximum atomic E-state index is 11.2. The summed E-state index contributed by atoms with van der Waals surface area (Å²) in [6, 6.07) is 11.4. The highest BCUT2D eigenvalue weighted by Gasteiger charge is 2.08. The number of ether oxygens (including phenoxy) is 1. The first kappa shape index (κ1) is 13.3. The predicted molar refractivity (Wildman–Crippen MR) is 77.2 cm³/mol.